The third-order valence-corrected chi connectivity index (χ3v) is 4.63. The zero-order chi connectivity index (χ0) is 21.1. The van der Waals surface area contributed by atoms with Crippen molar-refractivity contribution in [2.75, 3.05) is 25.6 Å². The second-order valence-electron chi connectivity index (χ2n) is 6.27. The Bertz CT molecular complexity index is 1120. The number of H-pyrrole nitrogens is 2. The fourth-order valence-electron chi connectivity index (χ4n) is 3.20. The van der Waals surface area contributed by atoms with Gasteiger partial charge in [-0.15, -0.1) is 0 Å². The number of nitro benzene ring substituents is 1. The number of allylic oxidation sites excluding steroid dienone is 1. The summed E-state index contributed by atoms with van der Waals surface area (Å²) in [4.78, 5) is 41.6. The summed E-state index contributed by atoms with van der Waals surface area (Å²) < 4.78 is 10.3. The van der Waals surface area contributed by atoms with Crippen LogP contribution in [0.5, 0.6) is 0 Å². The molecule has 0 fully saturated rings. The second kappa shape index (κ2) is 8.37. The molecule has 29 heavy (non-hydrogen) atoms. The van der Waals surface area contributed by atoms with Crippen LogP contribution in [0.15, 0.2) is 40.3 Å². The Morgan fingerprint density at radius 3 is 2.76 bits per heavy atom. The van der Waals surface area contributed by atoms with Crippen molar-refractivity contribution in [1.82, 2.24) is 9.97 Å². The first-order valence-corrected chi connectivity index (χ1v) is 8.99. The Hall–Kier alpha value is -3.31. The van der Waals surface area contributed by atoms with E-state index in [1.807, 2.05) is 0 Å². The summed E-state index contributed by atoms with van der Waals surface area (Å²) in [5.74, 6) is -1.23. The zero-order valence-corrected chi connectivity index (χ0v) is 16.4. The minimum absolute atomic E-state index is 0.0220. The normalized spacial score (nSPS) is 15.4. The summed E-state index contributed by atoms with van der Waals surface area (Å²) in [6.07, 6.45) is 0. The average molecular weight is 418 g/mol. The van der Waals surface area contributed by atoms with Crippen LogP contribution in [0.2, 0.25) is 0 Å². The molecule has 1 atom stereocenters. The molecule has 2 heterocycles. The number of nitrogens with zero attached hydrogens (tertiary/aromatic N) is 1. The number of fused-ring (bicyclic) bond motifs is 1. The van der Waals surface area contributed by atoms with Gasteiger partial charge in [-0.1, -0.05) is 12.1 Å². The van der Waals surface area contributed by atoms with Gasteiger partial charge in [0.2, 0.25) is 0 Å². The molecule has 0 saturated carbocycles. The van der Waals surface area contributed by atoms with E-state index in [0.29, 0.717) is 17.1 Å². The summed E-state index contributed by atoms with van der Waals surface area (Å²) in [5, 5.41) is 14.2. The lowest BCUT2D eigenvalue weighted by Crippen LogP contribution is -2.31. The number of aromatic amines is 2. The van der Waals surface area contributed by atoms with E-state index in [9.17, 15) is 19.7 Å². The predicted octanol–water partition coefficient (Wildman–Crippen LogP) is 2.36. The first-order chi connectivity index (χ1) is 13.8. The van der Waals surface area contributed by atoms with E-state index >= 15 is 0 Å². The minimum Gasteiger partial charge on any atom is -0.460 e. The number of methoxy groups -OCH3 is 1. The molecule has 0 radical (unpaired) electrons. The molecule has 1 aliphatic rings. The number of rotatable bonds is 6. The van der Waals surface area contributed by atoms with E-state index in [-0.39, 0.29) is 34.8 Å². The zero-order valence-electron chi connectivity index (χ0n) is 15.6. The lowest BCUT2D eigenvalue weighted by molar-refractivity contribution is -0.384. The Kier molecular flexibility index (Phi) is 5.89. The van der Waals surface area contributed by atoms with Crippen molar-refractivity contribution >= 4 is 29.7 Å². The van der Waals surface area contributed by atoms with E-state index in [1.165, 1.54) is 25.3 Å². The fourth-order valence-corrected chi connectivity index (χ4v) is 3.40. The fraction of sp³-hybridized carbons (Fsp3) is 0.278. The van der Waals surface area contributed by atoms with Crippen molar-refractivity contribution in [2.24, 2.45) is 0 Å². The molecule has 1 aromatic carbocycles. The molecule has 10 nitrogen and oxygen atoms in total. The molecule has 0 saturated heterocycles. The van der Waals surface area contributed by atoms with Crippen molar-refractivity contribution in [2.45, 2.75) is 12.8 Å². The third kappa shape index (κ3) is 4.10. The highest BCUT2D eigenvalue weighted by atomic mass is 32.1. The van der Waals surface area contributed by atoms with Gasteiger partial charge in [0.25, 0.3) is 11.2 Å². The summed E-state index contributed by atoms with van der Waals surface area (Å²) >= 11 is 5.02. The van der Waals surface area contributed by atoms with Gasteiger partial charge in [-0.05, 0) is 24.7 Å². The molecule has 11 heteroatoms. The van der Waals surface area contributed by atoms with Crippen LogP contribution in [0.3, 0.4) is 0 Å². The Morgan fingerprint density at radius 2 is 2.07 bits per heavy atom. The maximum absolute atomic E-state index is 12.8. The van der Waals surface area contributed by atoms with Crippen molar-refractivity contribution in [3.8, 4) is 0 Å². The molecule has 0 bridgehead atoms. The van der Waals surface area contributed by atoms with E-state index in [4.69, 9.17) is 21.7 Å². The van der Waals surface area contributed by atoms with Crippen LogP contribution in [0.25, 0.3) is 0 Å². The molecule has 0 aliphatic carbocycles. The van der Waals surface area contributed by atoms with Gasteiger partial charge in [-0.2, -0.15) is 0 Å². The molecule has 3 rings (SSSR count). The average Bonchev–Trinajstić information content (AvgIpc) is 2.66. The first-order valence-electron chi connectivity index (χ1n) is 8.58. The van der Waals surface area contributed by atoms with Crippen LogP contribution in [0.1, 0.15) is 24.0 Å². The van der Waals surface area contributed by atoms with Crippen molar-refractivity contribution < 1.29 is 19.2 Å². The first kappa shape index (κ1) is 20.4. The Balaban J connectivity index is 2.20. The number of nitro groups is 1. The molecule has 1 aromatic heterocycles. The van der Waals surface area contributed by atoms with Gasteiger partial charge in [0.15, 0.2) is 4.77 Å². The number of nitrogens with one attached hydrogen (secondary N) is 3. The molecule has 3 N–H and O–H groups in total. The molecule has 152 valence electrons. The quantitative estimate of drug-likeness (QED) is 0.214. The van der Waals surface area contributed by atoms with Crippen LogP contribution in [-0.2, 0) is 14.3 Å². The standard InChI is InChI=1S/C18H18N4O6S/c1-9-12(17(24)28-7-6-27-2)13(10-4-3-5-11(8-10)22(25)26)14-15(19-9)20-18(29)21-16(14)23/h3-5,8,13H,6-7H2,1-2H3,(H3,19,20,21,23,29)/t13-/m0/s1. The Labute approximate surface area is 169 Å². The smallest absolute Gasteiger partial charge is 0.336 e. The summed E-state index contributed by atoms with van der Waals surface area (Å²) in [6, 6.07) is 5.78. The topological polar surface area (TPSA) is 139 Å². The van der Waals surface area contributed by atoms with Crippen LogP contribution in [0.4, 0.5) is 11.5 Å². The van der Waals surface area contributed by atoms with Gasteiger partial charge < -0.3 is 19.8 Å². The van der Waals surface area contributed by atoms with Gasteiger partial charge in [0.1, 0.15) is 12.4 Å². The van der Waals surface area contributed by atoms with Gasteiger partial charge in [0, 0.05) is 24.9 Å². The van der Waals surface area contributed by atoms with Crippen LogP contribution >= 0.6 is 12.2 Å². The third-order valence-electron chi connectivity index (χ3n) is 4.43. The van der Waals surface area contributed by atoms with Crippen molar-refractivity contribution in [1.29, 1.82) is 0 Å². The molecule has 2 aromatic rings. The highest BCUT2D eigenvalue weighted by Gasteiger charge is 2.36. The second-order valence-corrected chi connectivity index (χ2v) is 6.68. The molecular formula is C18H18N4O6S. The maximum atomic E-state index is 12.8. The maximum Gasteiger partial charge on any atom is 0.336 e. The number of carbonyl (C=O) groups is 1. The largest absolute Gasteiger partial charge is 0.460 e. The van der Waals surface area contributed by atoms with Crippen LogP contribution < -0.4 is 10.9 Å². The van der Waals surface area contributed by atoms with E-state index in [0.717, 1.165) is 0 Å². The number of benzene rings is 1. The summed E-state index contributed by atoms with van der Waals surface area (Å²) in [5.41, 5.74) is 0.521. The van der Waals surface area contributed by atoms with Gasteiger partial charge >= 0.3 is 5.97 Å². The van der Waals surface area contributed by atoms with Gasteiger partial charge in [0.05, 0.1) is 28.6 Å². The highest BCUT2D eigenvalue weighted by Crippen LogP contribution is 2.40. The number of anilines is 1. The predicted molar refractivity (Wildman–Crippen MR) is 106 cm³/mol. The number of hydrogen-bond donors (Lipinski definition) is 3. The number of hydrogen-bond acceptors (Lipinski definition) is 8. The lowest BCUT2D eigenvalue weighted by Gasteiger charge is -2.28. The van der Waals surface area contributed by atoms with Crippen molar-refractivity contribution in [3.05, 3.63) is 71.9 Å². The van der Waals surface area contributed by atoms with E-state index in [2.05, 4.69) is 15.3 Å². The molecule has 0 spiro atoms. The van der Waals surface area contributed by atoms with Gasteiger partial charge in [-0.3, -0.25) is 19.9 Å². The highest BCUT2D eigenvalue weighted by molar-refractivity contribution is 7.71. The van der Waals surface area contributed by atoms with Crippen LogP contribution in [0, 0.1) is 14.9 Å². The number of aromatic nitrogens is 2. The number of esters is 1. The lowest BCUT2D eigenvalue weighted by atomic mass is 9.82. The van der Waals surface area contributed by atoms with Crippen molar-refractivity contribution in [3.63, 3.8) is 0 Å². The van der Waals surface area contributed by atoms with E-state index in [1.54, 1.807) is 13.0 Å². The molecular weight excluding hydrogens is 400 g/mol. The minimum atomic E-state index is -0.892. The molecule has 0 amide bonds. The van der Waals surface area contributed by atoms with E-state index < -0.39 is 22.4 Å². The SMILES string of the molecule is COCCOC(=O)C1=C(C)Nc2[nH]c(=S)[nH]c(=O)c2[C@H]1c1cccc([N+](=O)[O-])c1. The van der Waals surface area contributed by atoms with Gasteiger partial charge in [-0.25, -0.2) is 4.79 Å². The monoisotopic (exact) mass is 418 g/mol. The number of carbonyl (C=O) groups excluding carboxylic acids is 1. The molecule has 1 aliphatic heterocycles. The number of non-ortho nitro benzene ring substituents is 1. The summed E-state index contributed by atoms with van der Waals surface area (Å²) in [6.45, 7) is 1.88. The summed E-state index contributed by atoms with van der Waals surface area (Å²) in [7, 11) is 1.48. The molecule has 0 unspecified atom stereocenters. The number of ether oxygens (including phenoxy) is 2. The Morgan fingerprint density at radius 1 is 1.31 bits per heavy atom. The van der Waals surface area contributed by atoms with Crippen LogP contribution in [-0.4, -0.2) is 41.2 Å².